The van der Waals surface area contributed by atoms with Crippen molar-refractivity contribution in [2.75, 3.05) is 26.2 Å². The van der Waals surface area contributed by atoms with Crippen molar-refractivity contribution < 1.29 is 0 Å². The largest absolute Gasteiger partial charge is 0.315 e. The van der Waals surface area contributed by atoms with Crippen LogP contribution in [-0.4, -0.2) is 31.1 Å². The van der Waals surface area contributed by atoms with Crippen LogP contribution in [0.5, 0.6) is 0 Å². The molecule has 1 aliphatic heterocycles. The van der Waals surface area contributed by atoms with Crippen molar-refractivity contribution in [1.82, 2.24) is 10.2 Å². The van der Waals surface area contributed by atoms with E-state index in [0.717, 1.165) is 13.1 Å². The average Bonchev–Trinajstić information content (AvgIpc) is 2.65. The Hall–Kier alpha value is -0.860. The molecule has 1 fully saturated rings. The molecule has 3 rings (SSSR count). The number of nitrogens with zero attached hydrogens (tertiary/aromatic N) is 1. The summed E-state index contributed by atoms with van der Waals surface area (Å²) in [6.07, 6.45) is 5.23. The molecule has 1 saturated heterocycles. The Balaban J connectivity index is 1.67. The van der Waals surface area contributed by atoms with Gasteiger partial charge in [-0.05, 0) is 55.5 Å². The van der Waals surface area contributed by atoms with Crippen molar-refractivity contribution in [1.29, 1.82) is 0 Å². The Bertz CT molecular complexity index is 379. The molecule has 0 spiro atoms. The SMILES string of the molecule is c1cc2c(cc1CN1CCCNCC1)CCC2. The van der Waals surface area contributed by atoms with E-state index in [4.69, 9.17) is 0 Å². The van der Waals surface area contributed by atoms with Crippen molar-refractivity contribution in [2.24, 2.45) is 0 Å². The first-order chi connectivity index (χ1) is 8.42. The van der Waals surface area contributed by atoms with Crippen molar-refractivity contribution in [3.8, 4) is 0 Å². The lowest BCUT2D eigenvalue weighted by atomic mass is 10.1. The van der Waals surface area contributed by atoms with Gasteiger partial charge in [-0.15, -0.1) is 0 Å². The molecule has 92 valence electrons. The van der Waals surface area contributed by atoms with Gasteiger partial charge in [0.15, 0.2) is 0 Å². The van der Waals surface area contributed by atoms with Gasteiger partial charge >= 0.3 is 0 Å². The third-order valence-corrected chi connectivity index (χ3v) is 4.00. The molecule has 0 bridgehead atoms. The number of hydrogen-bond donors (Lipinski definition) is 1. The summed E-state index contributed by atoms with van der Waals surface area (Å²) >= 11 is 0. The van der Waals surface area contributed by atoms with E-state index in [1.807, 2.05) is 0 Å². The standard InChI is InChI=1S/C15H22N2/c1-3-14-6-5-13(11-15(14)4-1)12-17-9-2-7-16-8-10-17/h5-6,11,16H,1-4,7-10,12H2. The average molecular weight is 230 g/mol. The molecule has 2 aliphatic rings. The van der Waals surface area contributed by atoms with Crippen molar-refractivity contribution >= 4 is 0 Å². The monoisotopic (exact) mass is 230 g/mol. The molecule has 0 radical (unpaired) electrons. The topological polar surface area (TPSA) is 15.3 Å². The number of benzene rings is 1. The first-order valence-electron chi connectivity index (χ1n) is 6.95. The van der Waals surface area contributed by atoms with Crippen LogP contribution in [0.4, 0.5) is 0 Å². The van der Waals surface area contributed by atoms with E-state index in [9.17, 15) is 0 Å². The molecule has 1 aliphatic carbocycles. The second kappa shape index (κ2) is 5.19. The van der Waals surface area contributed by atoms with Gasteiger partial charge in [0, 0.05) is 19.6 Å². The summed E-state index contributed by atoms with van der Waals surface area (Å²) in [5, 5.41) is 3.46. The fourth-order valence-electron chi connectivity index (χ4n) is 3.04. The quantitative estimate of drug-likeness (QED) is 0.835. The van der Waals surface area contributed by atoms with E-state index in [2.05, 4.69) is 28.4 Å². The maximum absolute atomic E-state index is 3.46. The summed E-state index contributed by atoms with van der Waals surface area (Å²) in [6, 6.07) is 7.14. The van der Waals surface area contributed by atoms with Gasteiger partial charge < -0.3 is 5.32 Å². The molecule has 2 nitrogen and oxygen atoms in total. The van der Waals surface area contributed by atoms with Gasteiger partial charge in [-0.2, -0.15) is 0 Å². The summed E-state index contributed by atoms with van der Waals surface area (Å²) in [6.45, 7) is 5.89. The first kappa shape index (κ1) is 11.2. The summed E-state index contributed by atoms with van der Waals surface area (Å²) in [5.41, 5.74) is 4.70. The lowest BCUT2D eigenvalue weighted by Crippen LogP contribution is -2.27. The van der Waals surface area contributed by atoms with Crippen molar-refractivity contribution in [3.05, 3.63) is 34.9 Å². The van der Waals surface area contributed by atoms with Crippen LogP contribution >= 0.6 is 0 Å². The molecule has 1 N–H and O–H groups in total. The molecule has 1 heterocycles. The van der Waals surface area contributed by atoms with E-state index in [1.165, 1.54) is 50.9 Å². The molecule has 0 aromatic heterocycles. The number of aryl methyl sites for hydroxylation is 2. The maximum Gasteiger partial charge on any atom is 0.0234 e. The van der Waals surface area contributed by atoms with Gasteiger partial charge in [-0.3, -0.25) is 4.90 Å². The number of rotatable bonds is 2. The van der Waals surface area contributed by atoms with Crippen molar-refractivity contribution in [3.63, 3.8) is 0 Å². The van der Waals surface area contributed by atoms with E-state index in [-0.39, 0.29) is 0 Å². The maximum atomic E-state index is 3.46. The van der Waals surface area contributed by atoms with E-state index in [1.54, 1.807) is 11.1 Å². The third kappa shape index (κ3) is 2.70. The Morgan fingerprint density at radius 1 is 1.00 bits per heavy atom. The zero-order valence-electron chi connectivity index (χ0n) is 10.5. The number of nitrogens with one attached hydrogen (secondary N) is 1. The van der Waals surface area contributed by atoms with Crippen LogP contribution in [-0.2, 0) is 19.4 Å². The van der Waals surface area contributed by atoms with Crippen LogP contribution in [0.25, 0.3) is 0 Å². The molecule has 0 amide bonds. The van der Waals surface area contributed by atoms with Crippen LogP contribution in [0, 0.1) is 0 Å². The Kier molecular flexibility index (Phi) is 3.44. The Morgan fingerprint density at radius 3 is 2.94 bits per heavy atom. The summed E-state index contributed by atoms with van der Waals surface area (Å²) in [5.74, 6) is 0. The van der Waals surface area contributed by atoms with Crippen molar-refractivity contribution in [2.45, 2.75) is 32.2 Å². The van der Waals surface area contributed by atoms with Gasteiger partial charge in [-0.1, -0.05) is 18.2 Å². The zero-order chi connectivity index (χ0) is 11.5. The minimum absolute atomic E-state index is 1.13. The number of hydrogen-bond acceptors (Lipinski definition) is 2. The van der Waals surface area contributed by atoms with E-state index in [0.29, 0.717) is 0 Å². The normalized spacial score (nSPS) is 21.2. The Morgan fingerprint density at radius 2 is 1.94 bits per heavy atom. The summed E-state index contributed by atoms with van der Waals surface area (Å²) < 4.78 is 0. The minimum Gasteiger partial charge on any atom is -0.315 e. The zero-order valence-corrected chi connectivity index (χ0v) is 10.5. The van der Waals surface area contributed by atoms with Crippen LogP contribution in [0.3, 0.4) is 0 Å². The van der Waals surface area contributed by atoms with Gasteiger partial charge in [0.1, 0.15) is 0 Å². The highest BCUT2D eigenvalue weighted by Crippen LogP contribution is 2.23. The highest BCUT2D eigenvalue weighted by atomic mass is 15.1. The second-order valence-electron chi connectivity index (χ2n) is 5.34. The molecular weight excluding hydrogens is 208 g/mol. The molecular formula is C15H22N2. The number of fused-ring (bicyclic) bond motifs is 1. The minimum atomic E-state index is 1.13. The third-order valence-electron chi connectivity index (χ3n) is 4.00. The van der Waals surface area contributed by atoms with Crippen LogP contribution in [0.2, 0.25) is 0 Å². The highest BCUT2D eigenvalue weighted by Gasteiger charge is 2.13. The predicted octanol–water partition coefficient (Wildman–Crippen LogP) is 1.97. The fourth-order valence-corrected chi connectivity index (χ4v) is 3.04. The van der Waals surface area contributed by atoms with Crippen LogP contribution < -0.4 is 5.32 Å². The van der Waals surface area contributed by atoms with Gasteiger partial charge in [0.25, 0.3) is 0 Å². The van der Waals surface area contributed by atoms with Crippen LogP contribution in [0.15, 0.2) is 18.2 Å². The molecule has 0 saturated carbocycles. The lowest BCUT2D eigenvalue weighted by Gasteiger charge is -2.19. The highest BCUT2D eigenvalue weighted by molar-refractivity contribution is 5.35. The van der Waals surface area contributed by atoms with Gasteiger partial charge in [0.2, 0.25) is 0 Å². The van der Waals surface area contributed by atoms with Gasteiger partial charge in [-0.25, -0.2) is 0 Å². The molecule has 0 unspecified atom stereocenters. The van der Waals surface area contributed by atoms with Crippen LogP contribution in [0.1, 0.15) is 29.5 Å². The first-order valence-corrected chi connectivity index (χ1v) is 6.95. The lowest BCUT2D eigenvalue weighted by molar-refractivity contribution is 0.284. The molecule has 2 heteroatoms. The molecule has 1 aromatic rings. The van der Waals surface area contributed by atoms with E-state index >= 15 is 0 Å². The molecule has 1 aromatic carbocycles. The summed E-state index contributed by atoms with van der Waals surface area (Å²) in [7, 11) is 0. The molecule has 17 heavy (non-hydrogen) atoms. The fraction of sp³-hybridized carbons (Fsp3) is 0.600. The summed E-state index contributed by atoms with van der Waals surface area (Å²) in [4.78, 5) is 2.58. The van der Waals surface area contributed by atoms with E-state index < -0.39 is 0 Å². The predicted molar refractivity (Wildman–Crippen MR) is 71.2 cm³/mol. The second-order valence-corrected chi connectivity index (χ2v) is 5.34. The Labute approximate surface area is 104 Å². The van der Waals surface area contributed by atoms with Gasteiger partial charge in [0.05, 0.1) is 0 Å². The molecule has 0 atom stereocenters. The smallest absolute Gasteiger partial charge is 0.0234 e.